The number of piperazine rings is 1. The summed E-state index contributed by atoms with van der Waals surface area (Å²) >= 11 is 0. The number of hydrogen-bond donors (Lipinski definition) is 7. The van der Waals surface area contributed by atoms with Crippen LogP contribution in [0.25, 0.3) is 44.8 Å². The zero-order valence-corrected chi connectivity index (χ0v) is 37.4. The van der Waals surface area contributed by atoms with E-state index in [0.717, 1.165) is 75.9 Å². The van der Waals surface area contributed by atoms with Crippen molar-refractivity contribution in [2.75, 3.05) is 137 Å². The number of H-pyrrole nitrogens is 2. The quantitative estimate of drug-likeness (QED) is 0.0333. The second kappa shape index (κ2) is 24.7. The number of amides is 1. The summed E-state index contributed by atoms with van der Waals surface area (Å²) in [7, 11) is 2.15. The molecule has 1 aliphatic rings. The lowest BCUT2D eigenvalue weighted by atomic mass is 10.2. The van der Waals surface area contributed by atoms with Gasteiger partial charge in [-0.1, -0.05) is 0 Å². The molecule has 0 bridgehead atoms. The van der Waals surface area contributed by atoms with Gasteiger partial charge in [-0.2, -0.15) is 0 Å². The van der Waals surface area contributed by atoms with Gasteiger partial charge in [-0.15, -0.1) is 0 Å². The van der Waals surface area contributed by atoms with Crippen LogP contribution in [0.2, 0.25) is 0 Å². The molecule has 67 heavy (non-hydrogen) atoms. The van der Waals surface area contributed by atoms with Crippen LogP contribution in [0.15, 0.2) is 60.7 Å². The molecule has 0 aliphatic carbocycles. The monoisotopic (exact) mass is 930 g/mol. The van der Waals surface area contributed by atoms with Crippen LogP contribution in [0.4, 0.5) is 5.69 Å². The molecule has 360 valence electrons. The lowest BCUT2D eigenvalue weighted by Gasteiger charge is -2.34. The van der Waals surface area contributed by atoms with Gasteiger partial charge in [0.1, 0.15) is 24.0 Å². The van der Waals surface area contributed by atoms with E-state index in [2.05, 4.69) is 56.4 Å². The minimum absolute atomic E-state index is 0.000572. The van der Waals surface area contributed by atoms with Crippen LogP contribution in [0.5, 0.6) is 5.75 Å². The van der Waals surface area contributed by atoms with Crippen LogP contribution < -0.4 is 15.0 Å². The molecule has 1 fully saturated rings. The van der Waals surface area contributed by atoms with Crippen molar-refractivity contribution < 1.29 is 58.6 Å². The van der Waals surface area contributed by atoms with Gasteiger partial charge >= 0.3 is 23.9 Å². The summed E-state index contributed by atoms with van der Waals surface area (Å²) in [5, 5.41) is 39.5. The number of imidazole rings is 2. The molecule has 1 saturated heterocycles. The third-order valence-corrected chi connectivity index (χ3v) is 10.9. The minimum Gasteiger partial charge on any atom is -0.491 e. The second-order valence-corrected chi connectivity index (χ2v) is 16.1. The fourth-order valence-corrected chi connectivity index (χ4v) is 7.49. The predicted octanol–water partition coefficient (Wildman–Crippen LogP) is 1.30. The Kier molecular flexibility index (Phi) is 18.4. The summed E-state index contributed by atoms with van der Waals surface area (Å²) < 4.78 is 17.0. The van der Waals surface area contributed by atoms with Crippen LogP contribution in [0.1, 0.15) is 0 Å². The number of nitrogens with one attached hydrogen (secondary N) is 3. The maximum atomic E-state index is 12.6. The molecule has 22 nitrogen and oxygen atoms in total. The van der Waals surface area contributed by atoms with Gasteiger partial charge in [0.25, 0.3) is 0 Å². The summed E-state index contributed by atoms with van der Waals surface area (Å²) in [6.45, 7) is 3.26. The van der Waals surface area contributed by atoms with Gasteiger partial charge in [-0.3, -0.25) is 38.7 Å². The first-order valence-electron chi connectivity index (χ1n) is 21.9. The van der Waals surface area contributed by atoms with Crippen molar-refractivity contribution >= 4 is 57.5 Å². The first kappa shape index (κ1) is 49.7. The molecule has 3 aromatic carbocycles. The third-order valence-electron chi connectivity index (χ3n) is 10.9. The molecule has 2 aromatic heterocycles. The predicted molar refractivity (Wildman–Crippen MR) is 246 cm³/mol. The van der Waals surface area contributed by atoms with E-state index in [4.69, 9.17) is 34.4 Å². The largest absolute Gasteiger partial charge is 0.491 e. The van der Waals surface area contributed by atoms with E-state index in [1.807, 2.05) is 36.4 Å². The van der Waals surface area contributed by atoms with Crippen LogP contribution in [-0.4, -0.2) is 221 Å². The summed E-state index contributed by atoms with van der Waals surface area (Å²) in [5.41, 5.74) is 6.73. The summed E-state index contributed by atoms with van der Waals surface area (Å²) in [4.78, 5) is 82.9. The molecule has 22 heteroatoms. The molecule has 0 saturated carbocycles. The molecular formula is C45H58N10O12. The van der Waals surface area contributed by atoms with Crippen molar-refractivity contribution in [2.24, 2.45) is 0 Å². The Balaban J connectivity index is 0.854. The fraction of sp³-hybridized carbons (Fsp3) is 0.444. The number of anilines is 1. The molecule has 0 unspecified atom stereocenters. The molecule has 0 spiro atoms. The van der Waals surface area contributed by atoms with E-state index in [0.29, 0.717) is 25.6 Å². The molecule has 3 heterocycles. The Morgan fingerprint density at radius 2 is 1.09 bits per heavy atom. The third kappa shape index (κ3) is 16.0. The highest BCUT2D eigenvalue weighted by atomic mass is 16.5. The molecule has 0 atom stereocenters. The van der Waals surface area contributed by atoms with Crippen molar-refractivity contribution in [3.63, 3.8) is 0 Å². The number of carboxylic acid groups (broad SMARTS) is 4. The van der Waals surface area contributed by atoms with Crippen LogP contribution >= 0.6 is 0 Å². The van der Waals surface area contributed by atoms with Gasteiger partial charge in [0, 0.05) is 75.7 Å². The molecule has 7 N–H and O–H groups in total. The molecule has 0 radical (unpaired) electrons. The molecular weight excluding hydrogens is 873 g/mol. The normalized spacial score (nSPS) is 13.3. The summed E-state index contributed by atoms with van der Waals surface area (Å²) in [6.07, 6.45) is 0. The molecule has 5 aromatic rings. The number of aromatic nitrogens is 4. The zero-order valence-electron chi connectivity index (χ0n) is 37.4. The first-order chi connectivity index (χ1) is 32.3. The van der Waals surface area contributed by atoms with Crippen molar-refractivity contribution in [2.45, 2.75) is 0 Å². The Hall–Kier alpha value is -6.69. The fourth-order valence-electron chi connectivity index (χ4n) is 7.49. The van der Waals surface area contributed by atoms with E-state index < -0.39 is 56.0 Å². The number of ether oxygens (including phenoxy) is 3. The SMILES string of the molecule is CN1CCN(c2ccc3nc(-c4ccc5nc(-c6ccc(OCCOCCOCCNC(=O)CN(CCN(CCN(CC(=O)O)CC(=O)O)CC(=O)O)CC(=O)O)cc6)[nH]c5c4)[nH]c3c2)CC1. The van der Waals surface area contributed by atoms with Gasteiger partial charge in [0.05, 0.1) is 81.2 Å². The van der Waals surface area contributed by atoms with E-state index in [1.165, 1.54) is 15.5 Å². The van der Waals surface area contributed by atoms with Crippen LogP contribution in [-0.2, 0) is 33.4 Å². The molecule has 1 amide bonds. The standard InChI is InChI=1S/C45H58N10O12/c1-51-11-17-55(18-12-51)33-5-9-36-38(25-33)50-45(48-36)32-4-8-35-37(24-32)49-44(47-35)31-2-6-34(7-3-31)67-23-22-66-21-20-65-19-10-46-39(56)26-53(28-41(59)60)15-13-52(27-40(57)58)14-16-54(29-42(61)62)30-43(63)64/h2-9,24-25H,10-23,26-30H2,1H3,(H,46,56)(H,47,49)(H,48,50)(H,57,58)(H,59,60)(H,61,62)(H,63,64). The average Bonchev–Trinajstić information content (AvgIpc) is 3.92. The maximum Gasteiger partial charge on any atom is 0.317 e. The van der Waals surface area contributed by atoms with Gasteiger partial charge in [-0.25, -0.2) is 9.97 Å². The molecule has 1 aliphatic heterocycles. The number of aliphatic carboxylic acids is 4. The summed E-state index contributed by atoms with van der Waals surface area (Å²) in [5.74, 6) is -3.11. The number of rotatable bonds is 29. The van der Waals surface area contributed by atoms with Crippen LogP contribution in [0, 0.1) is 0 Å². The Morgan fingerprint density at radius 3 is 1.70 bits per heavy atom. The average molecular weight is 931 g/mol. The summed E-state index contributed by atoms with van der Waals surface area (Å²) in [6, 6.07) is 20.1. The van der Waals surface area contributed by atoms with Crippen molar-refractivity contribution in [1.82, 2.24) is 44.9 Å². The van der Waals surface area contributed by atoms with E-state index in [-0.39, 0.29) is 52.5 Å². The highest BCUT2D eigenvalue weighted by Gasteiger charge is 2.20. The van der Waals surface area contributed by atoms with Crippen molar-refractivity contribution in [3.8, 4) is 28.5 Å². The Bertz CT molecular complexity index is 2420. The number of carbonyl (C=O) groups excluding carboxylic acids is 1. The van der Waals surface area contributed by atoms with Crippen molar-refractivity contribution in [1.29, 1.82) is 0 Å². The van der Waals surface area contributed by atoms with Gasteiger partial charge < -0.3 is 59.7 Å². The number of nitrogens with zero attached hydrogens (tertiary/aromatic N) is 7. The maximum absolute atomic E-state index is 12.6. The number of hydrogen-bond acceptors (Lipinski definition) is 15. The van der Waals surface area contributed by atoms with E-state index >= 15 is 0 Å². The number of benzene rings is 3. The van der Waals surface area contributed by atoms with Gasteiger partial charge in [-0.05, 0) is 67.7 Å². The number of carbonyl (C=O) groups is 5. The van der Waals surface area contributed by atoms with Crippen molar-refractivity contribution in [3.05, 3.63) is 60.7 Å². The van der Waals surface area contributed by atoms with Gasteiger partial charge in [0.15, 0.2) is 0 Å². The molecule has 6 rings (SSSR count). The zero-order chi connectivity index (χ0) is 47.7. The lowest BCUT2D eigenvalue weighted by molar-refractivity contribution is -0.143. The van der Waals surface area contributed by atoms with E-state index in [9.17, 15) is 34.2 Å². The topological polar surface area (TPSA) is 280 Å². The Labute approximate surface area is 386 Å². The minimum atomic E-state index is -1.24. The lowest BCUT2D eigenvalue weighted by Crippen LogP contribution is -2.46. The number of fused-ring (bicyclic) bond motifs is 2. The number of likely N-dealkylation sites (N-methyl/N-ethyl adjacent to an activating group) is 1. The number of carboxylic acids is 4. The van der Waals surface area contributed by atoms with Gasteiger partial charge in [0.2, 0.25) is 5.91 Å². The highest BCUT2D eigenvalue weighted by Crippen LogP contribution is 2.29. The number of aromatic amines is 2. The van der Waals surface area contributed by atoms with Crippen LogP contribution in [0.3, 0.4) is 0 Å². The first-order valence-corrected chi connectivity index (χ1v) is 21.9. The van der Waals surface area contributed by atoms with E-state index in [1.54, 1.807) is 0 Å². The smallest absolute Gasteiger partial charge is 0.317 e. The Morgan fingerprint density at radius 1 is 0.597 bits per heavy atom. The second-order valence-electron chi connectivity index (χ2n) is 16.1. The highest BCUT2D eigenvalue weighted by molar-refractivity contribution is 5.87.